The van der Waals surface area contributed by atoms with Crippen molar-refractivity contribution in [3.8, 4) is 0 Å². The fourth-order valence-electron chi connectivity index (χ4n) is 4.82. The molecular weight excluding hydrogens is 602 g/mol. The molecule has 1 amide bonds. The molecule has 0 saturated carbocycles. The zero-order chi connectivity index (χ0) is 33.8. The highest BCUT2D eigenvalue weighted by Gasteiger charge is 2.26. The molecule has 14 nitrogen and oxygen atoms in total. The van der Waals surface area contributed by atoms with Crippen LogP contribution in [0.2, 0.25) is 0 Å². The Labute approximate surface area is 275 Å². The number of carbonyl (C=O) groups excluding carboxylic acids is 2. The first-order chi connectivity index (χ1) is 22.5. The molecule has 1 aliphatic rings. The lowest BCUT2D eigenvalue weighted by atomic mass is 10.1. The molecule has 14 heteroatoms. The normalized spacial score (nSPS) is 14.1. The Hall–Kier alpha value is -5.00. The molecule has 1 fully saturated rings. The van der Waals surface area contributed by atoms with Crippen LogP contribution in [0.1, 0.15) is 31.9 Å². The summed E-state index contributed by atoms with van der Waals surface area (Å²) < 4.78 is 15.7. The standard InChI is InChI=1S/C33H43N9O5/c1-33(2,3)47-32(44)42-17-15-41(16-18-42)22-24-8-7-9-26(20-24)36-30-38-29(35-14-19-45-5)39-31(40-30)37-27(28(43)46-6)21-23-10-12-25(34-4)13-11-23/h7-13,20,27H,14-19,21-22H2,1-3,5-6H3,(H3,35,36,37,38,39,40)/t27-/m0/s1. The van der Waals surface area contributed by atoms with Gasteiger partial charge in [0.1, 0.15) is 11.6 Å². The Morgan fingerprint density at radius 1 is 0.957 bits per heavy atom. The van der Waals surface area contributed by atoms with Gasteiger partial charge in [-0.2, -0.15) is 15.0 Å². The van der Waals surface area contributed by atoms with Crippen molar-refractivity contribution in [1.82, 2.24) is 24.8 Å². The lowest BCUT2D eigenvalue weighted by molar-refractivity contribution is -0.141. The Balaban J connectivity index is 1.46. The van der Waals surface area contributed by atoms with Crippen molar-refractivity contribution >= 4 is 41.3 Å². The van der Waals surface area contributed by atoms with Crippen LogP contribution in [0.3, 0.4) is 0 Å². The highest BCUT2D eigenvalue weighted by molar-refractivity contribution is 5.79. The first-order valence-electron chi connectivity index (χ1n) is 15.4. The predicted molar refractivity (Wildman–Crippen MR) is 179 cm³/mol. The van der Waals surface area contributed by atoms with Gasteiger partial charge in [0.15, 0.2) is 5.69 Å². The maximum absolute atomic E-state index is 12.7. The number of rotatable bonds is 13. The molecule has 2 aromatic carbocycles. The number of anilines is 4. The Morgan fingerprint density at radius 3 is 2.32 bits per heavy atom. The predicted octanol–water partition coefficient (Wildman–Crippen LogP) is 4.47. The third kappa shape index (κ3) is 11.1. The van der Waals surface area contributed by atoms with Crippen LogP contribution in [0.5, 0.6) is 0 Å². The van der Waals surface area contributed by atoms with Crippen molar-refractivity contribution in [2.75, 3.05) is 69.5 Å². The van der Waals surface area contributed by atoms with Crippen molar-refractivity contribution in [3.05, 3.63) is 71.1 Å². The zero-order valence-corrected chi connectivity index (χ0v) is 27.6. The second-order valence-corrected chi connectivity index (χ2v) is 12.0. The van der Waals surface area contributed by atoms with Crippen LogP contribution < -0.4 is 16.0 Å². The summed E-state index contributed by atoms with van der Waals surface area (Å²) in [6, 6.07) is 14.2. The van der Waals surface area contributed by atoms with Crippen LogP contribution in [0.4, 0.5) is 34.0 Å². The van der Waals surface area contributed by atoms with E-state index in [2.05, 4.69) is 46.7 Å². The molecule has 1 atom stereocenters. The second kappa shape index (κ2) is 16.5. The summed E-state index contributed by atoms with van der Waals surface area (Å²) in [5.74, 6) is 0.263. The van der Waals surface area contributed by atoms with Gasteiger partial charge in [-0.1, -0.05) is 36.4 Å². The number of carbonyl (C=O) groups is 2. The van der Waals surface area contributed by atoms with E-state index in [-0.39, 0.29) is 18.0 Å². The van der Waals surface area contributed by atoms with Crippen LogP contribution >= 0.6 is 0 Å². The summed E-state index contributed by atoms with van der Waals surface area (Å²) in [7, 11) is 2.93. The Kier molecular flexibility index (Phi) is 12.3. The fraction of sp³-hybridized carbons (Fsp3) is 0.455. The minimum atomic E-state index is -0.792. The molecule has 250 valence electrons. The molecule has 1 saturated heterocycles. The molecule has 0 spiro atoms. The van der Waals surface area contributed by atoms with Crippen molar-refractivity contribution in [3.63, 3.8) is 0 Å². The molecule has 47 heavy (non-hydrogen) atoms. The summed E-state index contributed by atoms with van der Waals surface area (Å²) >= 11 is 0. The van der Waals surface area contributed by atoms with E-state index in [1.807, 2.05) is 39.0 Å². The second-order valence-electron chi connectivity index (χ2n) is 12.0. The molecule has 0 aliphatic carbocycles. The summed E-state index contributed by atoms with van der Waals surface area (Å²) in [5, 5.41) is 9.50. The first-order valence-corrected chi connectivity index (χ1v) is 15.4. The van der Waals surface area contributed by atoms with Crippen LogP contribution in [-0.2, 0) is 32.0 Å². The first kappa shape index (κ1) is 34.9. The van der Waals surface area contributed by atoms with Crippen molar-refractivity contribution in [1.29, 1.82) is 0 Å². The number of amides is 1. The number of benzene rings is 2. The number of nitrogens with one attached hydrogen (secondary N) is 3. The minimum absolute atomic E-state index is 0.176. The average molecular weight is 646 g/mol. The van der Waals surface area contributed by atoms with E-state index >= 15 is 0 Å². The Morgan fingerprint density at radius 2 is 1.66 bits per heavy atom. The summed E-state index contributed by atoms with van der Waals surface area (Å²) in [4.78, 5) is 46.2. The van der Waals surface area contributed by atoms with Crippen molar-refractivity contribution in [2.45, 2.75) is 45.4 Å². The molecule has 4 rings (SSSR count). The smallest absolute Gasteiger partial charge is 0.410 e. The van der Waals surface area contributed by atoms with E-state index in [4.69, 9.17) is 20.8 Å². The summed E-state index contributed by atoms with van der Waals surface area (Å²) in [5.41, 5.74) is 2.70. The van der Waals surface area contributed by atoms with Crippen LogP contribution in [0.25, 0.3) is 4.85 Å². The quantitative estimate of drug-likeness (QED) is 0.137. The molecule has 0 radical (unpaired) electrons. The highest BCUT2D eigenvalue weighted by Crippen LogP contribution is 2.21. The van der Waals surface area contributed by atoms with Crippen LogP contribution in [-0.4, -0.2) is 102 Å². The third-order valence-corrected chi connectivity index (χ3v) is 7.13. The van der Waals surface area contributed by atoms with Crippen LogP contribution in [0.15, 0.2) is 48.5 Å². The van der Waals surface area contributed by atoms with Gasteiger partial charge in [-0.3, -0.25) is 4.90 Å². The fourth-order valence-corrected chi connectivity index (χ4v) is 4.82. The number of aromatic nitrogens is 3. The van der Waals surface area contributed by atoms with E-state index in [0.29, 0.717) is 50.8 Å². The molecule has 0 bridgehead atoms. The maximum Gasteiger partial charge on any atom is 0.410 e. The van der Waals surface area contributed by atoms with Crippen molar-refractivity contribution in [2.24, 2.45) is 0 Å². The molecule has 2 heterocycles. The summed E-state index contributed by atoms with van der Waals surface area (Å²) in [6.45, 7) is 17.1. The number of methoxy groups -OCH3 is 2. The summed E-state index contributed by atoms with van der Waals surface area (Å²) in [6.07, 6.45) is 0.0127. The lowest BCUT2D eigenvalue weighted by Gasteiger charge is -2.35. The molecule has 1 aliphatic heterocycles. The van der Waals surface area contributed by atoms with Gasteiger partial charge >= 0.3 is 12.1 Å². The topological polar surface area (TPSA) is 147 Å². The van der Waals surface area contributed by atoms with E-state index in [9.17, 15) is 9.59 Å². The van der Waals surface area contributed by atoms with Gasteiger partial charge in [0, 0.05) is 58.5 Å². The van der Waals surface area contributed by atoms with Gasteiger partial charge in [-0.05, 0) is 44.0 Å². The third-order valence-electron chi connectivity index (χ3n) is 7.13. The van der Waals surface area contributed by atoms with E-state index in [0.717, 1.165) is 29.9 Å². The number of hydrogen-bond donors (Lipinski definition) is 3. The minimum Gasteiger partial charge on any atom is -0.467 e. The molecular formula is C33H43N9O5. The molecule has 3 N–H and O–H groups in total. The zero-order valence-electron chi connectivity index (χ0n) is 27.6. The highest BCUT2D eigenvalue weighted by atomic mass is 16.6. The SMILES string of the molecule is [C-]#[N+]c1ccc(C[C@H](Nc2nc(NCCOC)nc(Nc3cccc(CN4CCN(C(=O)OC(C)(C)C)CC4)c3)n2)C(=O)OC)cc1. The van der Waals surface area contributed by atoms with Gasteiger partial charge < -0.3 is 35.1 Å². The van der Waals surface area contributed by atoms with Gasteiger partial charge in [0.05, 0.1) is 20.3 Å². The van der Waals surface area contributed by atoms with Gasteiger partial charge in [-0.15, -0.1) is 0 Å². The number of nitrogens with zero attached hydrogens (tertiary/aromatic N) is 6. The Bertz CT molecular complexity index is 1530. The number of piperazine rings is 1. The monoisotopic (exact) mass is 645 g/mol. The lowest BCUT2D eigenvalue weighted by Crippen LogP contribution is -2.49. The van der Waals surface area contributed by atoms with E-state index in [1.54, 1.807) is 36.3 Å². The van der Waals surface area contributed by atoms with Crippen molar-refractivity contribution < 1.29 is 23.8 Å². The largest absolute Gasteiger partial charge is 0.467 e. The van der Waals surface area contributed by atoms with E-state index in [1.165, 1.54) is 7.11 Å². The van der Waals surface area contributed by atoms with Crippen LogP contribution in [0, 0.1) is 6.57 Å². The van der Waals surface area contributed by atoms with Gasteiger partial charge in [0.25, 0.3) is 0 Å². The molecule has 3 aromatic rings. The maximum atomic E-state index is 12.7. The number of esters is 1. The molecule has 0 unspecified atom stereocenters. The molecule has 1 aromatic heterocycles. The van der Waals surface area contributed by atoms with E-state index < -0.39 is 17.6 Å². The average Bonchev–Trinajstić information content (AvgIpc) is 3.04. The van der Waals surface area contributed by atoms with Gasteiger partial charge in [0.2, 0.25) is 17.8 Å². The number of hydrogen-bond acceptors (Lipinski definition) is 12. The van der Waals surface area contributed by atoms with Gasteiger partial charge in [-0.25, -0.2) is 14.4 Å². The number of ether oxygens (including phenoxy) is 3.